The number of aryl methyl sites for hydroxylation is 1. The van der Waals surface area contributed by atoms with Crippen LogP contribution >= 0.6 is 0 Å². The van der Waals surface area contributed by atoms with Gasteiger partial charge in [-0.15, -0.1) is 0 Å². The minimum atomic E-state index is -4.35. The summed E-state index contributed by atoms with van der Waals surface area (Å²) in [4.78, 5) is 10.4. The van der Waals surface area contributed by atoms with E-state index in [0.29, 0.717) is 12.0 Å². The van der Waals surface area contributed by atoms with Gasteiger partial charge in [-0.2, -0.15) is 13.2 Å². The van der Waals surface area contributed by atoms with E-state index in [1.165, 1.54) is 12.1 Å². The maximum atomic E-state index is 12.5. The number of aliphatic carboxylic acids is 1. The molecule has 2 aromatic carbocycles. The molecule has 0 aliphatic heterocycles. The molecule has 0 spiro atoms. The molecule has 0 bridgehead atoms. The first-order chi connectivity index (χ1) is 9.86. The number of hydrogen-bond acceptors (Lipinski definition) is 2. The molecule has 5 heteroatoms. The van der Waals surface area contributed by atoms with Gasteiger partial charge in [0.1, 0.15) is 0 Å². The highest BCUT2D eigenvalue weighted by Gasteiger charge is 2.29. The topological polar surface area (TPSA) is 40.1 Å². The molecule has 2 aromatic rings. The Hall–Kier alpha value is -2.30. The zero-order valence-electron chi connectivity index (χ0n) is 11.0. The van der Waals surface area contributed by atoms with E-state index in [0.717, 1.165) is 23.3 Å². The lowest BCUT2D eigenvalue weighted by atomic mass is 10.00. The second-order valence-corrected chi connectivity index (χ2v) is 4.65. The van der Waals surface area contributed by atoms with Crippen molar-refractivity contribution in [2.75, 3.05) is 0 Å². The van der Waals surface area contributed by atoms with Crippen LogP contribution in [-0.2, 0) is 17.4 Å². The number of alkyl halides is 3. The first-order valence-corrected chi connectivity index (χ1v) is 6.33. The van der Waals surface area contributed by atoms with Crippen molar-refractivity contribution in [1.29, 1.82) is 0 Å². The van der Waals surface area contributed by atoms with Crippen LogP contribution in [0.5, 0.6) is 0 Å². The van der Waals surface area contributed by atoms with Gasteiger partial charge in [-0.3, -0.25) is 0 Å². The number of halogens is 3. The number of carbonyl (C=O) groups excluding carboxylic acids is 1. The summed E-state index contributed by atoms with van der Waals surface area (Å²) in [6.45, 7) is 0. The van der Waals surface area contributed by atoms with Crippen LogP contribution in [0.4, 0.5) is 13.2 Å². The summed E-state index contributed by atoms with van der Waals surface area (Å²) >= 11 is 0. The van der Waals surface area contributed by atoms with Crippen molar-refractivity contribution >= 4 is 5.97 Å². The van der Waals surface area contributed by atoms with Gasteiger partial charge in [-0.1, -0.05) is 36.4 Å². The molecule has 0 saturated carbocycles. The average molecular weight is 293 g/mol. The second-order valence-electron chi connectivity index (χ2n) is 4.65. The zero-order chi connectivity index (χ0) is 15.5. The molecule has 110 valence electrons. The molecule has 0 atom stereocenters. The minimum Gasteiger partial charge on any atom is -0.550 e. The molecule has 21 heavy (non-hydrogen) atoms. The molecule has 0 aromatic heterocycles. The predicted octanol–water partition coefficient (Wildman–Crippen LogP) is 3.05. The summed E-state index contributed by atoms with van der Waals surface area (Å²) in [6, 6.07) is 11.9. The Kier molecular flexibility index (Phi) is 4.31. The highest BCUT2D eigenvalue weighted by molar-refractivity contribution is 5.66. The van der Waals surface area contributed by atoms with Gasteiger partial charge in [0.15, 0.2) is 0 Å². The van der Waals surface area contributed by atoms with Gasteiger partial charge in [-0.05, 0) is 41.7 Å². The molecule has 0 aliphatic rings. The van der Waals surface area contributed by atoms with E-state index in [1.807, 2.05) is 0 Å². The number of carboxylic acids is 1. The molecule has 0 fully saturated rings. The SMILES string of the molecule is O=C([O-])CCc1cccc(-c2ccc(C(F)(F)F)cc2)c1. The highest BCUT2D eigenvalue weighted by Crippen LogP contribution is 2.31. The standard InChI is InChI=1S/C16H13F3O2/c17-16(18,19)14-7-5-12(6-8-14)13-3-1-2-11(10-13)4-9-15(20)21/h1-3,5-8,10H,4,9H2,(H,20,21)/p-1. The lowest BCUT2D eigenvalue weighted by Crippen LogP contribution is -2.22. The van der Waals surface area contributed by atoms with E-state index in [9.17, 15) is 23.1 Å². The van der Waals surface area contributed by atoms with Crippen LogP contribution in [0, 0.1) is 0 Å². The maximum absolute atomic E-state index is 12.5. The monoisotopic (exact) mass is 293 g/mol. The van der Waals surface area contributed by atoms with Crippen molar-refractivity contribution in [3.8, 4) is 11.1 Å². The fraction of sp³-hybridized carbons (Fsp3) is 0.188. The third-order valence-electron chi connectivity index (χ3n) is 3.09. The molecular weight excluding hydrogens is 281 g/mol. The molecule has 0 amide bonds. The van der Waals surface area contributed by atoms with Crippen LogP contribution in [0.15, 0.2) is 48.5 Å². The number of hydrogen-bond donors (Lipinski definition) is 0. The molecule has 0 aliphatic carbocycles. The quantitative estimate of drug-likeness (QED) is 0.869. The lowest BCUT2D eigenvalue weighted by molar-refractivity contribution is -0.305. The van der Waals surface area contributed by atoms with Gasteiger partial charge in [0.25, 0.3) is 0 Å². The average Bonchev–Trinajstić information content (AvgIpc) is 2.45. The molecule has 0 heterocycles. The summed E-state index contributed by atoms with van der Waals surface area (Å²) in [5, 5.41) is 10.4. The Bertz CT molecular complexity index is 631. The Morgan fingerprint density at radius 3 is 2.24 bits per heavy atom. The van der Waals surface area contributed by atoms with Gasteiger partial charge < -0.3 is 9.90 Å². The zero-order valence-corrected chi connectivity index (χ0v) is 11.0. The van der Waals surface area contributed by atoms with Crippen LogP contribution in [0.1, 0.15) is 17.5 Å². The molecule has 0 radical (unpaired) electrons. The minimum absolute atomic E-state index is 0.0868. The molecular formula is C16H12F3O2-. The first-order valence-electron chi connectivity index (χ1n) is 6.33. The molecule has 2 rings (SSSR count). The van der Waals surface area contributed by atoms with Crippen LogP contribution in [0.2, 0.25) is 0 Å². The van der Waals surface area contributed by atoms with Crippen molar-refractivity contribution in [3.63, 3.8) is 0 Å². The summed E-state index contributed by atoms with van der Waals surface area (Å²) in [5.74, 6) is -1.13. The summed E-state index contributed by atoms with van der Waals surface area (Å²) in [6.07, 6.45) is -4.11. The first kappa shape index (κ1) is 15.1. The van der Waals surface area contributed by atoms with Gasteiger partial charge >= 0.3 is 6.18 Å². The molecule has 2 nitrogen and oxygen atoms in total. The van der Waals surface area contributed by atoms with Crippen LogP contribution in [0.25, 0.3) is 11.1 Å². The van der Waals surface area contributed by atoms with E-state index in [4.69, 9.17) is 0 Å². The van der Waals surface area contributed by atoms with E-state index in [-0.39, 0.29) is 6.42 Å². The molecule has 0 unspecified atom stereocenters. The van der Waals surface area contributed by atoms with Crippen LogP contribution in [0.3, 0.4) is 0 Å². The van der Waals surface area contributed by atoms with Crippen molar-refractivity contribution < 1.29 is 23.1 Å². The van der Waals surface area contributed by atoms with E-state index < -0.39 is 17.7 Å². The summed E-state index contributed by atoms with van der Waals surface area (Å²) in [5.41, 5.74) is 1.51. The molecule has 0 N–H and O–H groups in total. The van der Waals surface area contributed by atoms with Gasteiger partial charge in [-0.25, -0.2) is 0 Å². The normalized spacial score (nSPS) is 11.4. The number of carboxylic acid groups (broad SMARTS) is 1. The van der Waals surface area contributed by atoms with E-state index in [2.05, 4.69) is 0 Å². The van der Waals surface area contributed by atoms with Crippen LogP contribution in [-0.4, -0.2) is 5.97 Å². The van der Waals surface area contributed by atoms with Gasteiger partial charge in [0, 0.05) is 5.97 Å². The van der Waals surface area contributed by atoms with Crippen molar-refractivity contribution in [1.82, 2.24) is 0 Å². The Morgan fingerprint density at radius 2 is 1.67 bits per heavy atom. The third-order valence-corrected chi connectivity index (χ3v) is 3.09. The van der Waals surface area contributed by atoms with Crippen molar-refractivity contribution in [3.05, 3.63) is 59.7 Å². The van der Waals surface area contributed by atoms with Crippen molar-refractivity contribution in [2.24, 2.45) is 0 Å². The Morgan fingerprint density at radius 1 is 1.00 bits per heavy atom. The fourth-order valence-electron chi connectivity index (χ4n) is 2.00. The number of rotatable bonds is 4. The maximum Gasteiger partial charge on any atom is 0.416 e. The van der Waals surface area contributed by atoms with E-state index in [1.54, 1.807) is 24.3 Å². The predicted molar refractivity (Wildman–Crippen MR) is 70.2 cm³/mol. The fourth-order valence-corrected chi connectivity index (χ4v) is 2.00. The van der Waals surface area contributed by atoms with Gasteiger partial charge in [0.2, 0.25) is 0 Å². The van der Waals surface area contributed by atoms with Gasteiger partial charge in [0.05, 0.1) is 5.56 Å². The number of benzene rings is 2. The Labute approximate surface area is 119 Å². The van der Waals surface area contributed by atoms with Crippen LogP contribution < -0.4 is 5.11 Å². The molecule has 0 saturated heterocycles. The highest BCUT2D eigenvalue weighted by atomic mass is 19.4. The summed E-state index contributed by atoms with van der Waals surface area (Å²) in [7, 11) is 0. The summed E-state index contributed by atoms with van der Waals surface area (Å²) < 4.78 is 37.5. The largest absolute Gasteiger partial charge is 0.550 e. The Balaban J connectivity index is 2.22. The number of carbonyl (C=O) groups is 1. The smallest absolute Gasteiger partial charge is 0.416 e. The van der Waals surface area contributed by atoms with E-state index >= 15 is 0 Å². The lowest BCUT2D eigenvalue weighted by Gasteiger charge is -2.09. The third kappa shape index (κ3) is 4.08. The second kappa shape index (κ2) is 5.99. The van der Waals surface area contributed by atoms with Crippen molar-refractivity contribution in [2.45, 2.75) is 19.0 Å².